The molecule has 0 radical (unpaired) electrons. The molecule has 0 aliphatic carbocycles. The lowest BCUT2D eigenvalue weighted by Crippen LogP contribution is -1.94. The number of halogens is 2. The van der Waals surface area contributed by atoms with E-state index in [-0.39, 0.29) is 5.56 Å². The molecule has 0 aliphatic heterocycles. The van der Waals surface area contributed by atoms with Crippen LogP contribution < -0.4 is 0 Å². The predicted molar refractivity (Wildman–Crippen MR) is 140 cm³/mol. The quantitative estimate of drug-likeness (QED) is 0.221. The van der Waals surface area contributed by atoms with Gasteiger partial charge in [-0.3, -0.25) is 0 Å². The van der Waals surface area contributed by atoms with E-state index in [1.165, 1.54) is 24.0 Å². The highest BCUT2D eigenvalue weighted by atomic mass is 19.2. The zero-order valence-corrected chi connectivity index (χ0v) is 20.1. The summed E-state index contributed by atoms with van der Waals surface area (Å²) in [6.45, 7) is 4.36. The van der Waals surface area contributed by atoms with Gasteiger partial charge in [-0.15, -0.1) is 0 Å². The summed E-state index contributed by atoms with van der Waals surface area (Å²) in [6.07, 6.45) is 6.75. The van der Waals surface area contributed by atoms with E-state index in [0.29, 0.717) is 16.7 Å². The van der Waals surface area contributed by atoms with Crippen molar-refractivity contribution in [3.8, 4) is 33.4 Å². The van der Waals surface area contributed by atoms with Crippen molar-refractivity contribution in [2.75, 3.05) is 0 Å². The Hall–Kier alpha value is -3.26. The van der Waals surface area contributed by atoms with Gasteiger partial charge in [0.15, 0.2) is 11.6 Å². The summed E-state index contributed by atoms with van der Waals surface area (Å²) < 4.78 is 30.1. The average molecular weight is 455 g/mol. The molecule has 0 aliphatic rings. The van der Waals surface area contributed by atoms with Crippen molar-refractivity contribution in [2.45, 2.75) is 52.4 Å². The highest BCUT2D eigenvalue weighted by Gasteiger charge is 2.16. The van der Waals surface area contributed by atoms with E-state index in [1.54, 1.807) is 12.1 Å². The summed E-state index contributed by atoms with van der Waals surface area (Å²) in [5.74, 6) is -1.60. The van der Waals surface area contributed by atoms with E-state index in [2.05, 4.69) is 38.1 Å². The Morgan fingerprint density at radius 2 is 0.853 bits per heavy atom. The molecule has 0 atom stereocenters. The number of benzene rings is 4. The normalized spacial score (nSPS) is 11.1. The van der Waals surface area contributed by atoms with Crippen LogP contribution in [0.3, 0.4) is 0 Å². The maximum atomic E-state index is 15.1. The fourth-order valence-electron chi connectivity index (χ4n) is 4.42. The van der Waals surface area contributed by atoms with E-state index in [9.17, 15) is 0 Å². The van der Waals surface area contributed by atoms with E-state index in [0.717, 1.165) is 36.8 Å². The van der Waals surface area contributed by atoms with Crippen molar-refractivity contribution in [2.24, 2.45) is 0 Å². The molecule has 0 aromatic heterocycles. The fourth-order valence-corrected chi connectivity index (χ4v) is 4.42. The van der Waals surface area contributed by atoms with Crippen molar-refractivity contribution in [3.63, 3.8) is 0 Å². The third-order valence-electron chi connectivity index (χ3n) is 6.44. The van der Waals surface area contributed by atoms with Crippen LogP contribution >= 0.6 is 0 Å². The third-order valence-corrected chi connectivity index (χ3v) is 6.44. The lowest BCUT2D eigenvalue weighted by molar-refractivity contribution is 0.514. The van der Waals surface area contributed by atoms with Crippen LogP contribution in [0.15, 0.2) is 84.9 Å². The van der Waals surface area contributed by atoms with Crippen LogP contribution in [-0.2, 0) is 12.8 Å². The van der Waals surface area contributed by atoms with Crippen molar-refractivity contribution < 1.29 is 8.78 Å². The summed E-state index contributed by atoms with van der Waals surface area (Å²) in [5, 5.41) is 0. The average Bonchev–Trinajstić information content (AvgIpc) is 2.87. The van der Waals surface area contributed by atoms with E-state index >= 15 is 8.78 Å². The maximum Gasteiger partial charge on any atom is 0.167 e. The topological polar surface area (TPSA) is 0 Å². The minimum atomic E-state index is -0.804. The second-order valence-corrected chi connectivity index (χ2v) is 8.97. The fraction of sp³-hybridized carbons (Fsp3) is 0.250. The van der Waals surface area contributed by atoms with Gasteiger partial charge in [0.2, 0.25) is 0 Å². The molecule has 0 nitrogen and oxygen atoms in total. The second-order valence-electron chi connectivity index (χ2n) is 8.97. The zero-order valence-electron chi connectivity index (χ0n) is 20.1. The number of unbranched alkanes of at least 4 members (excludes halogenated alkanes) is 2. The monoisotopic (exact) mass is 454 g/mol. The van der Waals surface area contributed by atoms with Gasteiger partial charge in [0.05, 0.1) is 0 Å². The van der Waals surface area contributed by atoms with Gasteiger partial charge < -0.3 is 0 Å². The minimum absolute atomic E-state index is 0.280. The summed E-state index contributed by atoms with van der Waals surface area (Å²) in [5.41, 5.74) is 6.67. The van der Waals surface area contributed by atoms with Crippen LogP contribution in [0, 0.1) is 11.6 Å². The first kappa shape index (κ1) is 23.9. The summed E-state index contributed by atoms with van der Waals surface area (Å²) >= 11 is 0. The number of hydrogen-bond donors (Lipinski definition) is 0. The third kappa shape index (κ3) is 5.44. The standard InChI is InChI=1S/C32H32F2/c1-3-5-6-8-24-11-15-27(16-12-24)29-21-22-30(32(34)31(29)33)28-19-17-26(18-20-28)25-13-9-23(7-4-2)10-14-25/h9-22H,3-8H2,1-2H3. The van der Waals surface area contributed by atoms with Crippen LogP contribution in [0.2, 0.25) is 0 Å². The van der Waals surface area contributed by atoms with E-state index in [4.69, 9.17) is 0 Å². The molecule has 2 heteroatoms. The molecule has 0 N–H and O–H groups in total. The van der Waals surface area contributed by atoms with Crippen molar-refractivity contribution >= 4 is 0 Å². The molecular formula is C32H32F2. The number of aryl methyl sites for hydroxylation is 2. The van der Waals surface area contributed by atoms with Gasteiger partial charge in [-0.05, 0) is 52.6 Å². The molecule has 0 heterocycles. The largest absolute Gasteiger partial charge is 0.203 e. The van der Waals surface area contributed by atoms with Crippen molar-refractivity contribution in [1.29, 1.82) is 0 Å². The summed E-state index contributed by atoms with van der Waals surface area (Å²) in [4.78, 5) is 0. The van der Waals surface area contributed by atoms with Gasteiger partial charge in [-0.2, -0.15) is 0 Å². The molecule has 0 amide bonds. The van der Waals surface area contributed by atoms with Gasteiger partial charge in [0, 0.05) is 11.1 Å². The van der Waals surface area contributed by atoms with Crippen LogP contribution in [-0.4, -0.2) is 0 Å². The Labute approximate surface area is 202 Å². The maximum absolute atomic E-state index is 15.1. The lowest BCUT2D eigenvalue weighted by Gasteiger charge is -2.11. The van der Waals surface area contributed by atoms with Gasteiger partial charge in [0.25, 0.3) is 0 Å². The molecular weight excluding hydrogens is 422 g/mol. The van der Waals surface area contributed by atoms with Crippen molar-refractivity contribution in [3.05, 3.63) is 108 Å². The van der Waals surface area contributed by atoms with Gasteiger partial charge >= 0.3 is 0 Å². The predicted octanol–water partition coefficient (Wildman–Crippen LogP) is 9.65. The highest BCUT2D eigenvalue weighted by Crippen LogP contribution is 2.33. The molecule has 0 bridgehead atoms. The zero-order chi connectivity index (χ0) is 23.9. The molecule has 34 heavy (non-hydrogen) atoms. The Kier molecular flexibility index (Phi) is 7.90. The molecule has 4 aromatic carbocycles. The smallest absolute Gasteiger partial charge is 0.167 e. The van der Waals surface area contributed by atoms with Crippen LogP contribution in [0.1, 0.15) is 50.7 Å². The molecule has 0 unspecified atom stereocenters. The Morgan fingerprint density at radius 3 is 1.32 bits per heavy atom. The molecule has 4 aromatic rings. The van der Waals surface area contributed by atoms with Crippen LogP contribution in [0.25, 0.3) is 33.4 Å². The SMILES string of the molecule is CCCCCc1ccc(-c2ccc(-c3ccc(-c4ccc(CCC)cc4)cc3)c(F)c2F)cc1. The van der Waals surface area contributed by atoms with E-state index in [1.807, 2.05) is 48.5 Å². The van der Waals surface area contributed by atoms with Crippen molar-refractivity contribution in [1.82, 2.24) is 0 Å². The van der Waals surface area contributed by atoms with Gasteiger partial charge in [0.1, 0.15) is 0 Å². The van der Waals surface area contributed by atoms with Gasteiger partial charge in [-0.1, -0.05) is 118 Å². The summed E-state index contributed by atoms with van der Waals surface area (Å²) in [6, 6.07) is 27.4. The lowest BCUT2D eigenvalue weighted by atomic mass is 9.96. The molecule has 0 spiro atoms. The first-order chi connectivity index (χ1) is 16.6. The molecule has 4 rings (SSSR count). The van der Waals surface area contributed by atoms with E-state index < -0.39 is 11.6 Å². The Morgan fingerprint density at radius 1 is 0.441 bits per heavy atom. The molecule has 0 saturated heterocycles. The number of hydrogen-bond acceptors (Lipinski definition) is 0. The second kappa shape index (κ2) is 11.2. The first-order valence-electron chi connectivity index (χ1n) is 12.4. The molecule has 174 valence electrons. The van der Waals surface area contributed by atoms with Crippen LogP contribution in [0.4, 0.5) is 8.78 Å². The molecule has 0 fully saturated rings. The van der Waals surface area contributed by atoms with Crippen LogP contribution in [0.5, 0.6) is 0 Å². The first-order valence-corrected chi connectivity index (χ1v) is 12.4. The Bertz CT molecular complexity index is 1200. The van der Waals surface area contributed by atoms with Gasteiger partial charge in [-0.25, -0.2) is 8.78 Å². The highest BCUT2D eigenvalue weighted by molar-refractivity contribution is 5.74. The Balaban J connectivity index is 1.53. The minimum Gasteiger partial charge on any atom is -0.203 e. The summed E-state index contributed by atoms with van der Waals surface area (Å²) in [7, 11) is 0. The number of rotatable bonds is 9. The molecule has 0 saturated carbocycles.